The molecule has 0 saturated carbocycles. The van der Waals surface area contributed by atoms with Crippen molar-refractivity contribution >= 4 is 34.4 Å². The number of nitrogens with zero attached hydrogens (tertiary/aromatic N) is 3. The van der Waals surface area contributed by atoms with Gasteiger partial charge in [0.25, 0.3) is 0 Å². The molecule has 3 aromatic rings. The lowest BCUT2D eigenvalue weighted by atomic mass is 9.96. The van der Waals surface area contributed by atoms with Gasteiger partial charge in [0.05, 0.1) is 11.2 Å². The van der Waals surface area contributed by atoms with E-state index in [1.807, 2.05) is 55.5 Å². The second-order valence-electron chi connectivity index (χ2n) is 7.23. The Morgan fingerprint density at radius 2 is 1.82 bits per heavy atom. The maximum atomic E-state index is 12.5. The molecule has 1 aliphatic heterocycles. The van der Waals surface area contributed by atoms with E-state index in [9.17, 15) is 4.79 Å². The number of aromatic nitrogens is 2. The molecule has 4 rings (SSSR count). The molecule has 0 spiro atoms. The predicted molar refractivity (Wildman–Crippen MR) is 113 cm³/mol. The molecular formula is C22H23ClN4O. The Hall–Kier alpha value is -2.66. The zero-order valence-corrected chi connectivity index (χ0v) is 16.6. The molecule has 2 heterocycles. The summed E-state index contributed by atoms with van der Waals surface area (Å²) >= 11 is 5.90. The van der Waals surface area contributed by atoms with Gasteiger partial charge in [-0.15, -0.1) is 0 Å². The van der Waals surface area contributed by atoms with Crippen molar-refractivity contribution in [3.63, 3.8) is 0 Å². The number of amides is 1. The zero-order valence-electron chi connectivity index (χ0n) is 15.9. The van der Waals surface area contributed by atoms with Crippen LogP contribution in [0, 0.1) is 12.8 Å². The number of carbonyl (C=O) groups is 1. The van der Waals surface area contributed by atoms with Crippen molar-refractivity contribution in [3.8, 4) is 0 Å². The van der Waals surface area contributed by atoms with E-state index < -0.39 is 0 Å². The number of benzene rings is 2. The number of anilines is 1. The molecule has 0 bridgehead atoms. The van der Waals surface area contributed by atoms with E-state index in [1.54, 1.807) is 0 Å². The van der Waals surface area contributed by atoms with Crippen LogP contribution < -0.4 is 10.2 Å². The molecule has 1 saturated heterocycles. The van der Waals surface area contributed by atoms with Crippen molar-refractivity contribution in [2.45, 2.75) is 26.3 Å². The summed E-state index contributed by atoms with van der Waals surface area (Å²) in [6.45, 7) is 4.13. The number of fused-ring (bicyclic) bond motifs is 1. The van der Waals surface area contributed by atoms with Gasteiger partial charge in [-0.25, -0.2) is 9.97 Å². The van der Waals surface area contributed by atoms with E-state index in [-0.39, 0.29) is 11.8 Å². The van der Waals surface area contributed by atoms with Crippen molar-refractivity contribution in [1.29, 1.82) is 0 Å². The molecule has 5 nitrogen and oxygen atoms in total. The lowest BCUT2D eigenvalue weighted by Crippen LogP contribution is -2.41. The normalized spacial score (nSPS) is 15.0. The summed E-state index contributed by atoms with van der Waals surface area (Å²) in [5.74, 6) is 0.909. The molecule has 144 valence electrons. The molecule has 0 atom stereocenters. The Morgan fingerprint density at radius 3 is 2.57 bits per heavy atom. The van der Waals surface area contributed by atoms with Gasteiger partial charge >= 0.3 is 0 Å². The van der Waals surface area contributed by atoms with Gasteiger partial charge in [0, 0.05) is 36.0 Å². The van der Waals surface area contributed by atoms with Gasteiger partial charge < -0.3 is 10.2 Å². The first-order valence-electron chi connectivity index (χ1n) is 9.60. The lowest BCUT2D eigenvalue weighted by molar-refractivity contribution is -0.125. The first-order valence-corrected chi connectivity index (χ1v) is 9.98. The highest BCUT2D eigenvalue weighted by atomic mass is 35.5. The van der Waals surface area contributed by atoms with E-state index in [1.165, 1.54) is 0 Å². The highest BCUT2D eigenvalue weighted by Gasteiger charge is 2.26. The number of aryl methyl sites for hydroxylation is 1. The lowest BCUT2D eigenvalue weighted by Gasteiger charge is -2.31. The van der Waals surface area contributed by atoms with Crippen LogP contribution in [0.3, 0.4) is 0 Å². The summed E-state index contributed by atoms with van der Waals surface area (Å²) in [7, 11) is 0. The number of piperidine rings is 1. The zero-order chi connectivity index (χ0) is 19.5. The standard InChI is InChI=1S/C22H23ClN4O/c1-15-19-4-2-3-5-20(19)26-22(25-15)27-12-10-17(11-13-27)21(28)24-14-16-6-8-18(23)9-7-16/h2-9,17H,10-14H2,1H3,(H,24,28). The fourth-order valence-electron chi connectivity index (χ4n) is 3.64. The van der Waals surface area contributed by atoms with Crippen LogP contribution in [-0.2, 0) is 11.3 Å². The molecule has 1 amide bonds. The Balaban J connectivity index is 1.35. The minimum Gasteiger partial charge on any atom is -0.352 e. The highest BCUT2D eigenvalue weighted by Crippen LogP contribution is 2.24. The molecule has 1 aliphatic rings. The van der Waals surface area contributed by atoms with E-state index >= 15 is 0 Å². The molecule has 1 aromatic heterocycles. The van der Waals surface area contributed by atoms with E-state index in [0.717, 1.165) is 54.0 Å². The van der Waals surface area contributed by atoms with Gasteiger partial charge in [-0.05, 0) is 43.5 Å². The Bertz CT molecular complexity index is 981. The molecule has 2 aromatic carbocycles. The third-order valence-corrected chi connectivity index (χ3v) is 5.56. The third kappa shape index (κ3) is 4.09. The first kappa shape index (κ1) is 18.7. The minimum atomic E-state index is 0.0325. The molecule has 0 radical (unpaired) electrons. The minimum absolute atomic E-state index is 0.0325. The maximum Gasteiger partial charge on any atom is 0.226 e. The van der Waals surface area contributed by atoms with Crippen LogP contribution in [0.4, 0.5) is 5.95 Å². The summed E-state index contributed by atoms with van der Waals surface area (Å²) in [6, 6.07) is 15.6. The quantitative estimate of drug-likeness (QED) is 0.723. The highest BCUT2D eigenvalue weighted by molar-refractivity contribution is 6.30. The van der Waals surface area contributed by atoms with Crippen molar-refractivity contribution in [3.05, 3.63) is 64.8 Å². The van der Waals surface area contributed by atoms with Crippen LogP contribution in [0.25, 0.3) is 10.9 Å². The van der Waals surface area contributed by atoms with Gasteiger partial charge in [-0.3, -0.25) is 4.79 Å². The number of halogens is 1. The second-order valence-corrected chi connectivity index (χ2v) is 7.67. The summed E-state index contributed by atoms with van der Waals surface area (Å²) in [5.41, 5.74) is 3.01. The second kappa shape index (κ2) is 8.15. The van der Waals surface area contributed by atoms with E-state index in [2.05, 4.69) is 15.2 Å². The molecular weight excluding hydrogens is 372 g/mol. The van der Waals surface area contributed by atoms with Gasteiger partial charge in [-0.2, -0.15) is 0 Å². The Labute approximate surface area is 169 Å². The van der Waals surface area contributed by atoms with Gasteiger partial charge in [0.1, 0.15) is 0 Å². The van der Waals surface area contributed by atoms with Crippen molar-refractivity contribution < 1.29 is 4.79 Å². The molecule has 0 unspecified atom stereocenters. The van der Waals surface area contributed by atoms with Gasteiger partial charge in [0.15, 0.2) is 0 Å². The molecule has 28 heavy (non-hydrogen) atoms. The fourth-order valence-corrected chi connectivity index (χ4v) is 3.76. The van der Waals surface area contributed by atoms with Crippen molar-refractivity contribution in [2.24, 2.45) is 5.92 Å². The van der Waals surface area contributed by atoms with Crippen molar-refractivity contribution in [2.75, 3.05) is 18.0 Å². The van der Waals surface area contributed by atoms with E-state index in [0.29, 0.717) is 11.6 Å². The average Bonchev–Trinajstić information content (AvgIpc) is 2.73. The van der Waals surface area contributed by atoms with Gasteiger partial charge in [0.2, 0.25) is 11.9 Å². The number of para-hydroxylation sites is 1. The number of carbonyl (C=O) groups excluding carboxylic acids is 1. The average molecular weight is 395 g/mol. The topological polar surface area (TPSA) is 58.1 Å². The summed E-state index contributed by atoms with van der Waals surface area (Å²) in [6.07, 6.45) is 1.61. The van der Waals surface area contributed by atoms with Crippen LogP contribution in [0.2, 0.25) is 5.02 Å². The summed E-state index contributed by atoms with van der Waals surface area (Å²) in [4.78, 5) is 24.1. The Kier molecular flexibility index (Phi) is 5.44. The van der Waals surface area contributed by atoms with E-state index in [4.69, 9.17) is 16.6 Å². The van der Waals surface area contributed by atoms with Crippen LogP contribution >= 0.6 is 11.6 Å². The number of rotatable bonds is 4. The Morgan fingerprint density at radius 1 is 1.11 bits per heavy atom. The van der Waals surface area contributed by atoms with Crippen molar-refractivity contribution in [1.82, 2.24) is 15.3 Å². The van der Waals surface area contributed by atoms with Crippen LogP contribution in [-0.4, -0.2) is 29.0 Å². The maximum absolute atomic E-state index is 12.5. The number of hydrogen-bond donors (Lipinski definition) is 1. The SMILES string of the molecule is Cc1nc(N2CCC(C(=O)NCc3ccc(Cl)cc3)CC2)nc2ccccc12. The smallest absolute Gasteiger partial charge is 0.226 e. The number of hydrogen-bond acceptors (Lipinski definition) is 4. The monoisotopic (exact) mass is 394 g/mol. The summed E-state index contributed by atoms with van der Waals surface area (Å²) in [5, 5.41) is 4.83. The van der Waals surface area contributed by atoms with Crippen LogP contribution in [0.1, 0.15) is 24.1 Å². The summed E-state index contributed by atoms with van der Waals surface area (Å²) < 4.78 is 0. The molecule has 1 N–H and O–H groups in total. The third-order valence-electron chi connectivity index (χ3n) is 5.31. The van der Waals surface area contributed by atoms with Crippen LogP contribution in [0.15, 0.2) is 48.5 Å². The van der Waals surface area contributed by atoms with Crippen LogP contribution in [0.5, 0.6) is 0 Å². The number of nitrogens with one attached hydrogen (secondary N) is 1. The molecule has 1 fully saturated rings. The predicted octanol–water partition coefficient (Wildman–Crippen LogP) is 4.12. The molecule has 6 heteroatoms. The van der Waals surface area contributed by atoms with Gasteiger partial charge in [-0.1, -0.05) is 41.9 Å². The molecule has 0 aliphatic carbocycles. The fraction of sp³-hybridized carbons (Fsp3) is 0.318. The largest absolute Gasteiger partial charge is 0.352 e. The first-order chi connectivity index (χ1) is 13.6.